The van der Waals surface area contributed by atoms with Gasteiger partial charge >= 0.3 is 11.9 Å². The molecule has 0 unspecified atom stereocenters. The number of carbonyl (C=O) groups is 6. The van der Waals surface area contributed by atoms with Gasteiger partial charge in [0, 0.05) is 58.0 Å². The highest BCUT2D eigenvalue weighted by Crippen LogP contribution is 2.49. The largest absolute Gasteiger partial charge is 0.493 e. The first-order valence-electron chi connectivity index (χ1n) is 25.3. The summed E-state index contributed by atoms with van der Waals surface area (Å²) in [6.45, 7) is 0. The van der Waals surface area contributed by atoms with Gasteiger partial charge in [0.25, 0.3) is 0 Å². The summed E-state index contributed by atoms with van der Waals surface area (Å²) in [6, 6.07) is 35.2. The lowest BCUT2D eigenvalue weighted by atomic mass is 10.0. The van der Waals surface area contributed by atoms with E-state index < -0.39 is 58.7 Å². The number of methoxy groups -OCH3 is 4. The maximum absolute atomic E-state index is 13.1. The lowest BCUT2D eigenvalue weighted by molar-refractivity contribution is -0.152. The molecule has 0 bridgehead atoms. The Morgan fingerprint density at radius 3 is 1.04 bits per heavy atom. The van der Waals surface area contributed by atoms with Crippen LogP contribution in [0.5, 0.6) is 46.0 Å². The van der Waals surface area contributed by atoms with E-state index in [0.717, 1.165) is 10.8 Å². The molecule has 428 valence electrons. The normalized spacial score (nSPS) is 13.4. The van der Waals surface area contributed by atoms with Crippen LogP contribution >= 0.6 is 0 Å². The third-order valence-corrected chi connectivity index (χ3v) is 13.2. The average molecular weight is 1140 g/mol. The molecule has 4 amide bonds. The van der Waals surface area contributed by atoms with Crippen LogP contribution in [0.25, 0.3) is 21.8 Å². The number of hydrogen-bond donors (Lipinski definition) is 7. The first kappa shape index (κ1) is 58.7. The number of aliphatic hydroxyl groups excluding tert-OH is 1. The Hall–Kier alpha value is -10.4. The van der Waals surface area contributed by atoms with E-state index in [1.54, 1.807) is 126 Å². The number of nitrogens with one attached hydrogen (secondary N) is 4. The third kappa shape index (κ3) is 14.3. The second-order valence-electron chi connectivity index (χ2n) is 18.8. The van der Waals surface area contributed by atoms with Crippen LogP contribution in [0, 0.1) is 22.5 Å². The fraction of sp³-hybridized carbons (Fsp3) is 0.200. The quantitative estimate of drug-likeness (QED) is 0.0371. The van der Waals surface area contributed by atoms with Gasteiger partial charge in [0.2, 0.25) is 23.6 Å². The number of aliphatic hydroxyl groups is 1. The average Bonchev–Trinajstić information content (AvgIpc) is 4.51. The molecule has 2 saturated carbocycles. The fourth-order valence-electron chi connectivity index (χ4n) is 8.23. The van der Waals surface area contributed by atoms with Crippen molar-refractivity contribution in [3.05, 3.63) is 157 Å². The summed E-state index contributed by atoms with van der Waals surface area (Å²) in [7, 11) is 6.25. The number of carboxylic acids is 2. The summed E-state index contributed by atoms with van der Waals surface area (Å²) < 4.78 is 59.9. The Balaban J connectivity index is 0.000000189. The predicted octanol–water partition coefficient (Wildman–Crippen LogP) is 9.99. The van der Waals surface area contributed by atoms with Gasteiger partial charge in [-0.25, -0.2) is 13.6 Å². The van der Waals surface area contributed by atoms with Crippen molar-refractivity contribution >= 4 is 80.1 Å². The zero-order valence-electron chi connectivity index (χ0n) is 44.9. The molecule has 0 spiro atoms. The highest BCUT2D eigenvalue weighted by atomic mass is 19.1. The fourth-order valence-corrected chi connectivity index (χ4v) is 8.23. The molecule has 7 N–H and O–H groups in total. The molecule has 10 rings (SSSR count). The molecular weight excluding hydrogens is 1080 g/mol. The molecule has 83 heavy (non-hydrogen) atoms. The topological polar surface area (TPSA) is 292 Å². The summed E-state index contributed by atoms with van der Waals surface area (Å²) in [5.74, 6) is -0.721. The molecule has 1 atom stereocenters. The van der Waals surface area contributed by atoms with Crippen molar-refractivity contribution in [3.8, 4) is 46.0 Å². The number of hydrogen-bond acceptors (Lipinski definition) is 15. The zero-order chi connectivity index (χ0) is 59.4. The van der Waals surface area contributed by atoms with Gasteiger partial charge < -0.3 is 65.0 Å². The molecule has 2 heterocycles. The van der Waals surface area contributed by atoms with Crippen molar-refractivity contribution in [2.45, 2.75) is 38.2 Å². The standard InChI is InChI=1S/2C28H24FN3O5.C4H6O5/c2*1-35-24-15-21-22(16-25(24)36-2)30-14-11-23(21)37-20-9-7-19(8-10-20)32-27(34)28(12-13-28)26(33)31-18-5-3-17(29)4-6-18;5-2(4(8)9)1-3(6)7/h2*3-11,14-16H,12-13H2,1-2H3,(H,31,33)(H,32,34);2,5H,1H2,(H,6,7)(H,8,9)/t;;2-/m..1/s1. The van der Waals surface area contributed by atoms with Crippen LogP contribution in [0.2, 0.25) is 0 Å². The summed E-state index contributed by atoms with van der Waals surface area (Å²) in [6.07, 6.45) is 2.51. The molecule has 2 aliphatic carbocycles. The number of halogens is 2. The van der Waals surface area contributed by atoms with Crippen LogP contribution in [0.3, 0.4) is 0 Å². The van der Waals surface area contributed by atoms with Gasteiger partial charge in [-0.3, -0.25) is 33.9 Å². The van der Waals surface area contributed by atoms with Crippen molar-refractivity contribution < 1.29 is 81.3 Å². The summed E-state index contributed by atoms with van der Waals surface area (Å²) in [4.78, 5) is 79.5. The second-order valence-corrected chi connectivity index (χ2v) is 18.8. The van der Waals surface area contributed by atoms with E-state index >= 15 is 0 Å². The van der Waals surface area contributed by atoms with Crippen LogP contribution < -0.4 is 49.7 Å². The van der Waals surface area contributed by atoms with E-state index in [0.29, 0.717) is 105 Å². The van der Waals surface area contributed by atoms with Crippen LogP contribution in [0.4, 0.5) is 31.5 Å². The Kier molecular flexibility index (Phi) is 18.2. The molecule has 0 aliphatic heterocycles. The minimum Gasteiger partial charge on any atom is -0.493 e. The Morgan fingerprint density at radius 2 is 0.771 bits per heavy atom. The second kappa shape index (κ2) is 25.8. The maximum Gasteiger partial charge on any atom is 0.333 e. The molecule has 0 radical (unpaired) electrons. The lowest BCUT2D eigenvalue weighted by Gasteiger charge is -2.16. The number of nitrogens with zero attached hydrogens (tertiary/aromatic N) is 2. The molecule has 8 aromatic rings. The van der Waals surface area contributed by atoms with Crippen LogP contribution in [-0.2, 0) is 28.8 Å². The van der Waals surface area contributed by atoms with Gasteiger partial charge in [-0.05, 0) is 147 Å². The number of amides is 4. The Labute approximate surface area is 472 Å². The predicted molar refractivity (Wildman–Crippen MR) is 299 cm³/mol. The van der Waals surface area contributed by atoms with Gasteiger partial charge in [0.1, 0.15) is 45.5 Å². The number of carbonyl (C=O) groups excluding carboxylic acids is 4. The molecule has 2 aliphatic rings. The molecule has 2 aromatic heterocycles. The molecular formula is C60H54F2N6O15. The smallest absolute Gasteiger partial charge is 0.333 e. The molecule has 23 heteroatoms. The van der Waals surface area contributed by atoms with E-state index in [9.17, 15) is 37.5 Å². The monoisotopic (exact) mass is 1140 g/mol. The van der Waals surface area contributed by atoms with Crippen LogP contribution in [0.1, 0.15) is 32.1 Å². The Morgan fingerprint density at radius 1 is 0.470 bits per heavy atom. The van der Waals surface area contributed by atoms with Gasteiger partial charge in [-0.15, -0.1) is 0 Å². The number of fused-ring (bicyclic) bond motifs is 2. The van der Waals surface area contributed by atoms with Gasteiger partial charge in [-0.1, -0.05) is 0 Å². The van der Waals surface area contributed by atoms with E-state index in [2.05, 4.69) is 31.2 Å². The number of rotatable bonds is 19. The number of pyridine rings is 2. The Bertz CT molecular complexity index is 3470. The zero-order valence-corrected chi connectivity index (χ0v) is 44.9. The minimum atomic E-state index is -1.79. The van der Waals surface area contributed by atoms with E-state index in [4.69, 9.17) is 43.7 Å². The molecule has 0 saturated heterocycles. The van der Waals surface area contributed by atoms with E-state index in [-0.39, 0.29) is 11.8 Å². The lowest BCUT2D eigenvalue weighted by Crippen LogP contribution is -2.35. The van der Waals surface area contributed by atoms with Gasteiger partial charge in [0.15, 0.2) is 29.1 Å². The third-order valence-electron chi connectivity index (χ3n) is 13.2. The van der Waals surface area contributed by atoms with Crippen LogP contribution in [-0.4, -0.2) is 95.4 Å². The van der Waals surface area contributed by atoms with Crippen LogP contribution in [0.15, 0.2) is 146 Å². The number of aromatic nitrogens is 2. The molecule has 2 fully saturated rings. The highest BCUT2D eigenvalue weighted by Gasteiger charge is 2.57. The SMILES string of the molecule is COc1cc2nccc(Oc3ccc(NC(=O)C4(C(=O)Nc5ccc(F)cc5)CC4)cc3)c2cc1OC.COc1cc2nccc(Oc3ccc(NC(=O)C4(C(=O)Nc5ccc(F)cc5)CC4)cc3)c2cc1OC.O=C(O)C[C@@H](O)C(=O)O. The van der Waals surface area contributed by atoms with Crippen molar-refractivity contribution in [1.29, 1.82) is 0 Å². The van der Waals surface area contributed by atoms with Crippen molar-refractivity contribution in [3.63, 3.8) is 0 Å². The maximum atomic E-state index is 13.1. The highest BCUT2D eigenvalue weighted by molar-refractivity contribution is 6.18. The summed E-state index contributed by atoms with van der Waals surface area (Å²) in [5.41, 5.74) is 1.03. The number of benzene rings is 6. The number of carboxylic acid groups (broad SMARTS) is 2. The number of aliphatic carboxylic acids is 2. The van der Waals surface area contributed by atoms with E-state index in [1.165, 1.54) is 48.5 Å². The van der Waals surface area contributed by atoms with Crippen molar-refractivity contribution in [2.75, 3.05) is 49.7 Å². The molecule has 6 aromatic carbocycles. The number of ether oxygens (including phenoxy) is 6. The first-order chi connectivity index (χ1) is 39.9. The summed E-state index contributed by atoms with van der Waals surface area (Å²) >= 11 is 0. The first-order valence-corrected chi connectivity index (χ1v) is 25.3. The number of anilines is 4. The van der Waals surface area contributed by atoms with Gasteiger partial charge in [-0.2, -0.15) is 0 Å². The molecule has 21 nitrogen and oxygen atoms in total. The summed E-state index contributed by atoms with van der Waals surface area (Å²) in [5, 5.41) is 36.7. The van der Waals surface area contributed by atoms with Gasteiger partial charge in [0.05, 0.1) is 45.9 Å². The van der Waals surface area contributed by atoms with E-state index in [1.807, 2.05) is 0 Å². The minimum absolute atomic E-state index is 0.387. The van der Waals surface area contributed by atoms with Crippen molar-refractivity contribution in [2.24, 2.45) is 10.8 Å². The van der Waals surface area contributed by atoms with Crippen molar-refractivity contribution in [1.82, 2.24) is 9.97 Å².